The van der Waals surface area contributed by atoms with Crippen molar-refractivity contribution >= 4 is 0 Å². The molecule has 1 aromatic heterocycles. The Hall–Kier alpha value is -1.75. The van der Waals surface area contributed by atoms with Crippen molar-refractivity contribution in [3.63, 3.8) is 0 Å². The highest BCUT2D eigenvalue weighted by Crippen LogP contribution is 2.25. The van der Waals surface area contributed by atoms with Crippen molar-refractivity contribution in [1.29, 1.82) is 0 Å². The zero-order valence-corrected chi connectivity index (χ0v) is 12.4. The van der Waals surface area contributed by atoms with Crippen LogP contribution in [0.5, 0.6) is 0 Å². The molecular weight excluding hydrogens is 255 g/mol. The van der Waals surface area contributed by atoms with Gasteiger partial charge >= 0.3 is 0 Å². The van der Waals surface area contributed by atoms with E-state index in [9.17, 15) is 4.39 Å². The molecule has 0 spiro atoms. The van der Waals surface area contributed by atoms with E-state index in [0.29, 0.717) is 12.1 Å². The van der Waals surface area contributed by atoms with Gasteiger partial charge in [-0.3, -0.25) is 0 Å². The van der Waals surface area contributed by atoms with E-state index in [0.717, 1.165) is 23.6 Å². The maximum Gasteiger partial charge on any atom is 0.151 e. The summed E-state index contributed by atoms with van der Waals surface area (Å²) in [7, 11) is 1.86. The third kappa shape index (κ3) is 2.58. The number of aromatic nitrogens is 3. The lowest BCUT2D eigenvalue weighted by Crippen LogP contribution is -2.17. The second-order valence-corrected chi connectivity index (χ2v) is 4.75. The van der Waals surface area contributed by atoms with E-state index in [4.69, 9.17) is 0 Å². The van der Waals surface area contributed by atoms with Crippen LogP contribution >= 0.6 is 0 Å². The first-order valence-electron chi connectivity index (χ1n) is 7.03. The highest BCUT2D eigenvalue weighted by Gasteiger charge is 2.19. The maximum atomic E-state index is 14.3. The average molecular weight is 276 g/mol. The fourth-order valence-corrected chi connectivity index (χ4v) is 2.21. The number of nitrogens with one attached hydrogen (secondary N) is 1. The Bertz CT molecular complexity index is 592. The first kappa shape index (κ1) is 14.7. The summed E-state index contributed by atoms with van der Waals surface area (Å²) in [6.07, 6.45) is 1.46. The largest absolute Gasteiger partial charge is 0.313 e. The Morgan fingerprint density at radius 1 is 1.30 bits per heavy atom. The lowest BCUT2D eigenvalue weighted by molar-refractivity contribution is 0.583. The molecule has 0 amide bonds. The first-order chi connectivity index (χ1) is 9.62. The number of benzene rings is 1. The second-order valence-electron chi connectivity index (χ2n) is 4.75. The number of para-hydroxylation sites is 1. The molecule has 0 aliphatic rings. The molecule has 4 nitrogen and oxygen atoms in total. The van der Waals surface area contributed by atoms with Crippen LogP contribution in [0.4, 0.5) is 4.39 Å². The Kier molecular flexibility index (Phi) is 4.49. The molecule has 2 rings (SSSR count). The van der Waals surface area contributed by atoms with Crippen molar-refractivity contribution in [2.45, 2.75) is 39.7 Å². The molecule has 0 bridgehead atoms. The Labute approximate surface area is 119 Å². The van der Waals surface area contributed by atoms with Crippen LogP contribution in [0.3, 0.4) is 0 Å². The van der Waals surface area contributed by atoms with Crippen molar-refractivity contribution in [1.82, 2.24) is 20.1 Å². The minimum absolute atomic E-state index is 0.0414. The molecule has 0 saturated heterocycles. The normalized spacial score (nSPS) is 12.7. The smallest absolute Gasteiger partial charge is 0.151 e. The highest BCUT2D eigenvalue weighted by molar-refractivity contribution is 5.44. The van der Waals surface area contributed by atoms with E-state index in [1.807, 2.05) is 33.9 Å². The van der Waals surface area contributed by atoms with Gasteiger partial charge in [0.2, 0.25) is 0 Å². The molecule has 0 aliphatic heterocycles. The Balaban J connectivity index is 2.65. The number of hydrogen-bond acceptors (Lipinski definition) is 3. The minimum Gasteiger partial charge on any atom is -0.313 e. The molecule has 1 atom stereocenters. The molecule has 0 aliphatic carbocycles. The minimum atomic E-state index is -0.271. The molecule has 0 saturated carbocycles. The van der Waals surface area contributed by atoms with E-state index in [-0.39, 0.29) is 11.9 Å². The van der Waals surface area contributed by atoms with Crippen LogP contribution in [0.15, 0.2) is 18.2 Å². The fourth-order valence-electron chi connectivity index (χ4n) is 2.21. The summed E-state index contributed by atoms with van der Waals surface area (Å²) in [5, 5.41) is 7.59. The summed E-state index contributed by atoms with van der Waals surface area (Å²) in [6, 6.07) is 5.16. The SMILES string of the molecule is CCc1nc(CC)n(-c2c(F)cccc2C(C)NC)n1. The summed E-state index contributed by atoms with van der Waals surface area (Å²) in [5.74, 6) is 1.26. The van der Waals surface area contributed by atoms with Crippen LogP contribution in [-0.2, 0) is 12.8 Å². The average Bonchev–Trinajstić information content (AvgIpc) is 2.89. The van der Waals surface area contributed by atoms with Crippen LogP contribution in [0, 0.1) is 5.82 Å². The summed E-state index contributed by atoms with van der Waals surface area (Å²) < 4.78 is 16.0. The lowest BCUT2D eigenvalue weighted by atomic mass is 10.1. The molecule has 1 N–H and O–H groups in total. The highest BCUT2D eigenvalue weighted by atomic mass is 19.1. The van der Waals surface area contributed by atoms with E-state index in [1.54, 1.807) is 10.7 Å². The standard InChI is InChI=1S/C15H21FN4/c1-5-13-18-14(6-2)20(19-13)15-11(10(3)17-4)8-7-9-12(15)16/h7-10,17H,5-6H2,1-4H3. The molecule has 1 heterocycles. The predicted octanol–water partition coefficient (Wildman–Crippen LogP) is 2.81. The number of hydrogen-bond donors (Lipinski definition) is 1. The fraction of sp³-hybridized carbons (Fsp3) is 0.467. The van der Waals surface area contributed by atoms with E-state index >= 15 is 0 Å². The third-order valence-corrected chi connectivity index (χ3v) is 3.48. The molecule has 0 fully saturated rings. The van der Waals surface area contributed by atoms with Gasteiger partial charge in [-0.05, 0) is 25.6 Å². The van der Waals surface area contributed by atoms with Gasteiger partial charge in [0.25, 0.3) is 0 Å². The van der Waals surface area contributed by atoms with Crippen LogP contribution in [-0.4, -0.2) is 21.8 Å². The quantitative estimate of drug-likeness (QED) is 0.913. The van der Waals surface area contributed by atoms with Gasteiger partial charge in [-0.1, -0.05) is 26.0 Å². The van der Waals surface area contributed by atoms with Gasteiger partial charge in [-0.2, -0.15) is 5.10 Å². The Morgan fingerprint density at radius 3 is 2.65 bits per heavy atom. The lowest BCUT2D eigenvalue weighted by Gasteiger charge is -2.17. The van der Waals surface area contributed by atoms with Crippen molar-refractivity contribution in [2.24, 2.45) is 0 Å². The van der Waals surface area contributed by atoms with Gasteiger partial charge < -0.3 is 5.32 Å². The summed E-state index contributed by atoms with van der Waals surface area (Å²) in [4.78, 5) is 4.46. The van der Waals surface area contributed by atoms with Gasteiger partial charge in [-0.15, -0.1) is 0 Å². The van der Waals surface area contributed by atoms with Crippen molar-refractivity contribution in [3.8, 4) is 5.69 Å². The van der Waals surface area contributed by atoms with E-state index in [2.05, 4.69) is 15.4 Å². The summed E-state index contributed by atoms with van der Waals surface area (Å²) in [5.41, 5.74) is 1.38. The Morgan fingerprint density at radius 2 is 2.05 bits per heavy atom. The van der Waals surface area contributed by atoms with Crippen LogP contribution in [0.1, 0.15) is 44.0 Å². The number of rotatable bonds is 5. The number of halogens is 1. The van der Waals surface area contributed by atoms with Gasteiger partial charge in [0, 0.05) is 18.9 Å². The molecule has 20 heavy (non-hydrogen) atoms. The molecule has 1 aromatic carbocycles. The molecule has 5 heteroatoms. The van der Waals surface area contributed by atoms with Crippen LogP contribution in [0.25, 0.3) is 5.69 Å². The molecule has 0 radical (unpaired) electrons. The predicted molar refractivity (Wildman–Crippen MR) is 77.5 cm³/mol. The van der Waals surface area contributed by atoms with E-state index < -0.39 is 0 Å². The van der Waals surface area contributed by atoms with Crippen LogP contribution < -0.4 is 5.32 Å². The van der Waals surface area contributed by atoms with Gasteiger partial charge in [0.05, 0.1) is 0 Å². The third-order valence-electron chi connectivity index (χ3n) is 3.48. The van der Waals surface area contributed by atoms with E-state index in [1.165, 1.54) is 6.07 Å². The summed E-state index contributed by atoms with van der Waals surface area (Å²) >= 11 is 0. The number of aryl methyl sites for hydroxylation is 2. The second kappa shape index (κ2) is 6.13. The van der Waals surface area contributed by atoms with Gasteiger partial charge in [0.1, 0.15) is 17.3 Å². The number of nitrogens with zero attached hydrogens (tertiary/aromatic N) is 3. The maximum absolute atomic E-state index is 14.3. The van der Waals surface area contributed by atoms with Crippen molar-refractivity contribution in [3.05, 3.63) is 41.2 Å². The summed E-state index contributed by atoms with van der Waals surface area (Å²) in [6.45, 7) is 6.00. The topological polar surface area (TPSA) is 42.7 Å². The zero-order valence-electron chi connectivity index (χ0n) is 12.4. The molecule has 2 aromatic rings. The first-order valence-corrected chi connectivity index (χ1v) is 7.03. The zero-order chi connectivity index (χ0) is 14.7. The van der Waals surface area contributed by atoms with Crippen molar-refractivity contribution in [2.75, 3.05) is 7.05 Å². The van der Waals surface area contributed by atoms with Gasteiger partial charge in [-0.25, -0.2) is 14.1 Å². The monoisotopic (exact) mass is 276 g/mol. The van der Waals surface area contributed by atoms with Crippen molar-refractivity contribution < 1.29 is 4.39 Å². The van der Waals surface area contributed by atoms with Gasteiger partial charge in [0.15, 0.2) is 5.82 Å². The molecular formula is C15H21FN4. The molecule has 108 valence electrons. The van der Waals surface area contributed by atoms with Crippen LogP contribution in [0.2, 0.25) is 0 Å². The molecule has 1 unspecified atom stereocenters.